The zero-order valence-electron chi connectivity index (χ0n) is 16.1. The molecule has 4 nitrogen and oxygen atoms in total. The number of nitrogens with zero attached hydrogens (tertiary/aromatic N) is 1. The van der Waals surface area contributed by atoms with Gasteiger partial charge < -0.3 is 14.6 Å². The third kappa shape index (κ3) is 2.12. The van der Waals surface area contributed by atoms with Crippen molar-refractivity contribution >= 4 is 0 Å². The van der Waals surface area contributed by atoms with Gasteiger partial charge in [-0.05, 0) is 30.9 Å². The molecule has 1 aromatic heterocycles. The highest BCUT2D eigenvalue weighted by molar-refractivity contribution is 5.57. The predicted octanol–water partition coefficient (Wildman–Crippen LogP) is 4.45. The summed E-state index contributed by atoms with van der Waals surface area (Å²) in [6.45, 7) is 2.06. The smallest absolute Gasteiger partial charge is 0.174 e. The van der Waals surface area contributed by atoms with E-state index in [1.54, 1.807) is 19.5 Å². The summed E-state index contributed by atoms with van der Waals surface area (Å²) in [7, 11) is 1.61. The fraction of sp³-hybridized carbons (Fsp3) is 0.292. The minimum Gasteiger partial charge on any atom is -0.495 e. The molecule has 3 aromatic rings. The van der Waals surface area contributed by atoms with Gasteiger partial charge in [0, 0.05) is 5.92 Å². The Morgan fingerprint density at radius 3 is 2.54 bits per heavy atom. The van der Waals surface area contributed by atoms with E-state index in [-0.39, 0.29) is 5.92 Å². The molecule has 0 amide bonds. The molecular formula is C24H23NO3. The highest BCUT2D eigenvalue weighted by atomic mass is 16.5. The number of aromatic nitrogens is 1. The Bertz CT molecular complexity index is 1020. The van der Waals surface area contributed by atoms with Crippen LogP contribution in [0.3, 0.4) is 0 Å². The number of benzene rings is 2. The molecule has 1 saturated carbocycles. The highest BCUT2D eigenvalue weighted by Crippen LogP contribution is 2.67. The first kappa shape index (κ1) is 17.3. The first-order valence-electron chi connectivity index (χ1n) is 9.66. The van der Waals surface area contributed by atoms with Crippen molar-refractivity contribution in [3.8, 4) is 11.5 Å². The van der Waals surface area contributed by atoms with Crippen molar-refractivity contribution in [3.05, 3.63) is 89.2 Å². The number of aliphatic hydroxyl groups is 1. The minimum absolute atomic E-state index is 0.0125. The largest absolute Gasteiger partial charge is 0.495 e. The summed E-state index contributed by atoms with van der Waals surface area (Å²) < 4.78 is 12.2. The molecule has 142 valence electrons. The number of ether oxygens (including phenoxy) is 2. The van der Waals surface area contributed by atoms with Gasteiger partial charge in [-0.3, -0.25) is 4.98 Å². The molecule has 0 spiro atoms. The maximum Gasteiger partial charge on any atom is 0.174 e. The van der Waals surface area contributed by atoms with E-state index in [4.69, 9.17) is 9.47 Å². The van der Waals surface area contributed by atoms with Gasteiger partial charge in [0.05, 0.1) is 25.1 Å². The van der Waals surface area contributed by atoms with Crippen molar-refractivity contribution in [3.63, 3.8) is 0 Å². The van der Waals surface area contributed by atoms with E-state index in [2.05, 4.69) is 48.3 Å². The zero-order chi connectivity index (χ0) is 19.4. The van der Waals surface area contributed by atoms with Gasteiger partial charge in [0.15, 0.2) is 5.60 Å². The Kier molecular flexibility index (Phi) is 3.75. The van der Waals surface area contributed by atoms with Crippen LogP contribution >= 0.6 is 0 Å². The summed E-state index contributed by atoms with van der Waals surface area (Å²) in [4.78, 5) is 4.26. The van der Waals surface area contributed by atoms with Gasteiger partial charge in [-0.25, -0.2) is 0 Å². The first-order chi connectivity index (χ1) is 13.6. The summed E-state index contributed by atoms with van der Waals surface area (Å²) in [6, 6.07) is 18.6. The van der Waals surface area contributed by atoms with Crippen molar-refractivity contribution in [2.24, 2.45) is 0 Å². The molecule has 0 bridgehead atoms. The Balaban J connectivity index is 1.78. The summed E-state index contributed by atoms with van der Waals surface area (Å²) >= 11 is 0. The molecule has 1 aliphatic carbocycles. The summed E-state index contributed by atoms with van der Waals surface area (Å²) in [6.07, 6.45) is 4.75. The SMILES string of the molecule is COc1cncc2c1C1(O)CCC(c3ccccc3)[C@]1(c1ccc(C)cc1)O2. The van der Waals surface area contributed by atoms with Crippen LogP contribution < -0.4 is 9.47 Å². The van der Waals surface area contributed by atoms with Crippen LogP contribution in [0.15, 0.2) is 67.0 Å². The molecule has 28 heavy (non-hydrogen) atoms. The molecule has 3 atom stereocenters. The van der Waals surface area contributed by atoms with Crippen molar-refractivity contribution in [2.45, 2.75) is 36.9 Å². The third-order valence-electron chi connectivity index (χ3n) is 6.36. The molecule has 4 heteroatoms. The Hall–Kier alpha value is -2.85. The second kappa shape index (κ2) is 6.08. The maximum atomic E-state index is 12.2. The molecule has 1 fully saturated rings. The fourth-order valence-corrected chi connectivity index (χ4v) is 5.12. The van der Waals surface area contributed by atoms with Crippen LogP contribution in [0.2, 0.25) is 0 Å². The van der Waals surface area contributed by atoms with E-state index in [1.165, 1.54) is 11.1 Å². The van der Waals surface area contributed by atoms with Crippen LogP contribution in [0.1, 0.15) is 41.0 Å². The Labute approximate surface area is 164 Å². The average Bonchev–Trinajstić information content (AvgIpc) is 3.16. The van der Waals surface area contributed by atoms with E-state index in [0.717, 1.165) is 12.0 Å². The number of rotatable bonds is 3. The minimum atomic E-state index is -1.19. The molecule has 0 saturated heterocycles. The zero-order valence-corrected chi connectivity index (χ0v) is 16.1. The van der Waals surface area contributed by atoms with Crippen LogP contribution in [0.4, 0.5) is 0 Å². The quantitative estimate of drug-likeness (QED) is 0.737. The van der Waals surface area contributed by atoms with Crippen molar-refractivity contribution in [1.29, 1.82) is 0 Å². The summed E-state index contributed by atoms with van der Waals surface area (Å²) in [5.41, 5.74) is 1.92. The molecule has 5 rings (SSSR count). The Morgan fingerprint density at radius 1 is 1.07 bits per heavy atom. The average molecular weight is 373 g/mol. The van der Waals surface area contributed by atoms with E-state index in [0.29, 0.717) is 23.5 Å². The van der Waals surface area contributed by atoms with E-state index in [9.17, 15) is 5.11 Å². The van der Waals surface area contributed by atoms with Gasteiger partial charge in [0.1, 0.15) is 17.1 Å². The molecule has 1 N–H and O–H groups in total. The first-order valence-corrected chi connectivity index (χ1v) is 9.66. The molecule has 1 aliphatic heterocycles. The van der Waals surface area contributed by atoms with Gasteiger partial charge in [0.2, 0.25) is 0 Å². The predicted molar refractivity (Wildman–Crippen MR) is 107 cm³/mol. The molecular weight excluding hydrogens is 350 g/mol. The van der Waals surface area contributed by atoms with Crippen LogP contribution in [-0.2, 0) is 11.2 Å². The number of fused-ring (bicyclic) bond motifs is 3. The van der Waals surface area contributed by atoms with E-state index < -0.39 is 11.2 Å². The van der Waals surface area contributed by atoms with Gasteiger partial charge in [-0.15, -0.1) is 0 Å². The molecule has 0 radical (unpaired) electrons. The lowest BCUT2D eigenvalue weighted by atomic mass is 9.71. The monoisotopic (exact) mass is 373 g/mol. The van der Waals surface area contributed by atoms with Crippen LogP contribution in [-0.4, -0.2) is 17.2 Å². The lowest BCUT2D eigenvalue weighted by Gasteiger charge is -2.40. The topological polar surface area (TPSA) is 51.6 Å². The lowest BCUT2D eigenvalue weighted by molar-refractivity contribution is -0.106. The van der Waals surface area contributed by atoms with Crippen molar-refractivity contribution in [1.82, 2.24) is 4.98 Å². The number of hydrogen-bond donors (Lipinski definition) is 1. The van der Waals surface area contributed by atoms with E-state index >= 15 is 0 Å². The van der Waals surface area contributed by atoms with Crippen LogP contribution in [0.5, 0.6) is 11.5 Å². The van der Waals surface area contributed by atoms with Crippen LogP contribution in [0, 0.1) is 6.92 Å². The second-order valence-electron chi connectivity index (χ2n) is 7.78. The van der Waals surface area contributed by atoms with Gasteiger partial charge in [-0.2, -0.15) is 0 Å². The van der Waals surface area contributed by atoms with Gasteiger partial charge >= 0.3 is 0 Å². The number of hydrogen-bond acceptors (Lipinski definition) is 4. The number of aryl methyl sites for hydroxylation is 1. The molecule has 2 unspecified atom stereocenters. The second-order valence-corrected chi connectivity index (χ2v) is 7.78. The summed E-state index contributed by atoms with van der Waals surface area (Å²) in [5.74, 6) is 1.18. The molecule has 2 aliphatic rings. The number of pyridine rings is 1. The fourth-order valence-electron chi connectivity index (χ4n) is 5.12. The van der Waals surface area contributed by atoms with E-state index in [1.807, 2.05) is 18.2 Å². The Morgan fingerprint density at radius 2 is 1.82 bits per heavy atom. The normalized spacial score (nSPS) is 27.8. The van der Waals surface area contributed by atoms with Crippen molar-refractivity contribution in [2.75, 3.05) is 7.11 Å². The molecule has 2 heterocycles. The highest BCUT2D eigenvalue weighted by Gasteiger charge is 2.69. The summed E-state index contributed by atoms with van der Waals surface area (Å²) in [5, 5.41) is 12.2. The number of methoxy groups -OCH3 is 1. The van der Waals surface area contributed by atoms with Crippen LogP contribution in [0.25, 0.3) is 0 Å². The van der Waals surface area contributed by atoms with Crippen molar-refractivity contribution < 1.29 is 14.6 Å². The van der Waals surface area contributed by atoms with Gasteiger partial charge in [-0.1, -0.05) is 60.2 Å². The standard InChI is InChI=1S/C24H23NO3/c1-16-8-10-18(11-9-16)24-19(17-6-4-3-5-7-17)12-13-23(24,26)22-20(27-2)14-25-15-21(22)28-24/h3-11,14-15,19,26H,12-13H2,1-2H3/t19?,23?,24-/m0/s1. The third-order valence-corrected chi connectivity index (χ3v) is 6.36. The maximum absolute atomic E-state index is 12.2. The van der Waals surface area contributed by atoms with Gasteiger partial charge in [0.25, 0.3) is 0 Å². The molecule has 2 aromatic carbocycles. The lowest BCUT2D eigenvalue weighted by Crippen LogP contribution is -2.48.